The van der Waals surface area contributed by atoms with Crippen molar-refractivity contribution in [3.8, 4) is 10.4 Å². The lowest BCUT2D eigenvalue weighted by molar-refractivity contribution is -0.926. The molecule has 0 unspecified atom stereocenters. The molecule has 0 spiro atoms. The van der Waals surface area contributed by atoms with Crippen molar-refractivity contribution < 1.29 is 27.2 Å². The van der Waals surface area contributed by atoms with Crippen LogP contribution in [0.5, 0.6) is 0 Å². The number of alkyl halides is 3. The zero-order valence-electron chi connectivity index (χ0n) is 15.4. The number of aromatic nitrogens is 1. The average Bonchev–Trinajstić information content (AvgIpc) is 3.08. The van der Waals surface area contributed by atoms with Crippen LogP contribution in [-0.4, -0.2) is 47.8 Å². The van der Waals surface area contributed by atoms with Crippen LogP contribution in [0.15, 0.2) is 30.3 Å². The van der Waals surface area contributed by atoms with E-state index < -0.39 is 22.9 Å². The van der Waals surface area contributed by atoms with Crippen molar-refractivity contribution in [3.63, 3.8) is 0 Å². The molecule has 5 nitrogen and oxygen atoms in total. The second kappa shape index (κ2) is 6.73. The minimum absolute atomic E-state index is 0.114. The molecule has 2 bridgehead atoms. The Balaban J connectivity index is 1.55. The standard InChI is InChI=1S/C19H20F3N3O2S/c1-25-10-7-18(8-11-25,9-12-25)27-17(26)24-15-14(13-5-3-2-4-6-13)28-16(23-15)19(20,21)22/h2-6H,7-12H2,1H3/p+1. The molecule has 3 saturated heterocycles. The number of nitrogens with zero attached hydrogens (tertiary/aromatic N) is 2. The molecule has 0 radical (unpaired) electrons. The first-order chi connectivity index (χ1) is 13.2. The summed E-state index contributed by atoms with van der Waals surface area (Å²) in [5.41, 5.74) is 0.0444. The number of thiazole rings is 1. The molecule has 4 heterocycles. The summed E-state index contributed by atoms with van der Waals surface area (Å²) in [5, 5.41) is 1.47. The number of benzene rings is 1. The molecular formula is C19H21F3N3O2S+. The highest BCUT2D eigenvalue weighted by Crippen LogP contribution is 2.42. The van der Waals surface area contributed by atoms with Gasteiger partial charge in [0.2, 0.25) is 5.01 Å². The highest BCUT2D eigenvalue weighted by molar-refractivity contribution is 7.15. The molecule has 0 saturated carbocycles. The third-order valence-electron chi connectivity index (χ3n) is 5.76. The van der Waals surface area contributed by atoms with Gasteiger partial charge in [0.25, 0.3) is 0 Å². The number of carbonyl (C=O) groups is 1. The number of rotatable bonds is 3. The van der Waals surface area contributed by atoms with Crippen molar-refractivity contribution in [2.24, 2.45) is 0 Å². The fourth-order valence-corrected chi connectivity index (χ4v) is 4.81. The Morgan fingerprint density at radius 1 is 1.18 bits per heavy atom. The van der Waals surface area contributed by atoms with Crippen molar-refractivity contribution in [2.45, 2.75) is 31.0 Å². The molecule has 1 aromatic heterocycles. The van der Waals surface area contributed by atoms with E-state index in [1.807, 2.05) is 0 Å². The molecule has 3 aliphatic rings. The van der Waals surface area contributed by atoms with Crippen molar-refractivity contribution in [2.75, 3.05) is 32.0 Å². The lowest BCUT2D eigenvalue weighted by Crippen LogP contribution is -2.63. The maximum absolute atomic E-state index is 13.2. The summed E-state index contributed by atoms with van der Waals surface area (Å²) in [7, 11) is 2.20. The van der Waals surface area contributed by atoms with Gasteiger partial charge in [0.05, 0.1) is 31.6 Å². The number of quaternary nitrogens is 1. The van der Waals surface area contributed by atoms with Crippen LogP contribution in [0.25, 0.3) is 10.4 Å². The molecule has 1 aromatic carbocycles. The Hall–Kier alpha value is -2.13. The predicted molar refractivity (Wildman–Crippen MR) is 100 cm³/mol. The maximum Gasteiger partial charge on any atom is 0.443 e. The van der Waals surface area contributed by atoms with Crippen molar-refractivity contribution in [3.05, 3.63) is 35.3 Å². The minimum atomic E-state index is -4.58. The summed E-state index contributed by atoms with van der Waals surface area (Å²) in [5.74, 6) is -0.114. The molecular weight excluding hydrogens is 391 g/mol. The minimum Gasteiger partial charge on any atom is -0.442 e. The summed E-state index contributed by atoms with van der Waals surface area (Å²) in [6, 6.07) is 8.59. The Morgan fingerprint density at radius 3 is 2.36 bits per heavy atom. The van der Waals surface area contributed by atoms with Gasteiger partial charge in [-0.15, -0.1) is 11.3 Å². The summed E-state index contributed by atoms with van der Waals surface area (Å²) in [6.07, 6.45) is -3.01. The third-order valence-corrected chi connectivity index (χ3v) is 6.91. The fraction of sp³-hybridized carbons (Fsp3) is 0.474. The van der Waals surface area contributed by atoms with Gasteiger partial charge in [0.15, 0.2) is 5.82 Å². The molecule has 0 atom stereocenters. The Morgan fingerprint density at radius 2 is 1.79 bits per heavy atom. The molecule has 3 aliphatic heterocycles. The van der Waals surface area contributed by atoms with E-state index in [1.54, 1.807) is 30.3 Å². The number of ether oxygens (including phenoxy) is 1. The number of anilines is 1. The summed E-state index contributed by atoms with van der Waals surface area (Å²) in [4.78, 5) is 16.4. The van der Waals surface area contributed by atoms with Crippen LogP contribution in [0.2, 0.25) is 0 Å². The Bertz CT molecular complexity index is 858. The Kier molecular flexibility index (Phi) is 4.62. The van der Waals surface area contributed by atoms with Gasteiger partial charge in [0, 0.05) is 19.3 Å². The number of nitrogens with one attached hydrogen (secondary N) is 1. The lowest BCUT2D eigenvalue weighted by Gasteiger charge is -2.51. The molecule has 0 aliphatic carbocycles. The largest absolute Gasteiger partial charge is 0.443 e. The summed E-state index contributed by atoms with van der Waals surface area (Å²) >= 11 is 0.511. The van der Waals surface area contributed by atoms with E-state index in [0.29, 0.717) is 16.9 Å². The van der Waals surface area contributed by atoms with Crippen LogP contribution < -0.4 is 5.32 Å². The first-order valence-electron chi connectivity index (χ1n) is 9.15. The van der Waals surface area contributed by atoms with Gasteiger partial charge in [-0.05, 0) is 5.56 Å². The number of hydrogen-bond acceptors (Lipinski definition) is 4. The van der Waals surface area contributed by atoms with Crippen LogP contribution >= 0.6 is 11.3 Å². The average molecular weight is 412 g/mol. The zero-order valence-corrected chi connectivity index (χ0v) is 16.2. The number of fused-ring (bicyclic) bond motifs is 3. The van der Waals surface area contributed by atoms with Gasteiger partial charge < -0.3 is 9.22 Å². The zero-order chi connectivity index (χ0) is 20.0. The second-order valence-corrected chi connectivity index (χ2v) is 8.80. The van der Waals surface area contributed by atoms with Crippen LogP contribution in [0, 0.1) is 0 Å². The van der Waals surface area contributed by atoms with E-state index in [1.165, 1.54) is 0 Å². The number of piperidine rings is 3. The molecule has 5 rings (SSSR count). The van der Waals surface area contributed by atoms with Crippen LogP contribution in [0.1, 0.15) is 24.3 Å². The number of amides is 1. The normalized spacial score (nSPS) is 26.9. The van der Waals surface area contributed by atoms with Crippen LogP contribution in [0.4, 0.5) is 23.8 Å². The molecule has 1 N–H and O–H groups in total. The van der Waals surface area contributed by atoms with E-state index >= 15 is 0 Å². The first-order valence-corrected chi connectivity index (χ1v) is 9.97. The van der Waals surface area contributed by atoms with Gasteiger partial charge in [-0.1, -0.05) is 30.3 Å². The predicted octanol–water partition coefficient (Wildman–Crippen LogP) is 4.76. The van der Waals surface area contributed by atoms with Gasteiger partial charge in [-0.3, -0.25) is 5.32 Å². The van der Waals surface area contributed by atoms with Gasteiger partial charge in [0.1, 0.15) is 5.60 Å². The third kappa shape index (κ3) is 3.73. The number of hydrogen-bond donors (Lipinski definition) is 1. The molecule has 9 heteroatoms. The first kappa shape index (κ1) is 19.2. The van der Waals surface area contributed by atoms with Gasteiger partial charge >= 0.3 is 12.3 Å². The smallest absolute Gasteiger partial charge is 0.442 e. The van der Waals surface area contributed by atoms with Crippen molar-refractivity contribution in [1.82, 2.24) is 4.98 Å². The van der Waals surface area contributed by atoms with E-state index in [0.717, 1.165) is 43.4 Å². The van der Waals surface area contributed by atoms with E-state index in [-0.39, 0.29) is 10.7 Å². The van der Waals surface area contributed by atoms with E-state index in [4.69, 9.17) is 4.74 Å². The topological polar surface area (TPSA) is 51.2 Å². The number of carbonyl (C=O) groups excluding carboxylic acids is 1. The molecule has 3 fully saturated rings. The van der Waals surface area contributed by atoms with Crippen molar-refractivity contribution >= 4 is 23.2 Å². The molecule has 2 aromatic rings. The highest BCUT2D eigenvalue weighted by atomic mass is 32.1. The SMILES string of the molecule is C[N+]12CCC(OC(=O)Nc3nc(C(F)(F)F)sc3-c3ccccc3)(CC1)CC2. The summed E-state index contributed by atoms with van der Waals surface area (Å²) < 4.78 is 46.2. The second-order valence-electron chi connectivity index (χ2n) is 7.80. The quantitative estimate of drug-likeness (QED) is 0.740. The lowest BCUT2D eigenvalue weighted by atomic mass is 9.81. The highest BCUT2D eigenvalue weighted by Gasteiger charge is 2.49. The maximum atomic E-state index is 13.2. The molecule has 150 valence electrons. The van der Waals surface area contributed by atoms with Gasteiger partial charge in [-0.2, -0.15) is 13.2 Å². The number of halogens is 3. The van der Waals surface area contributed by atoms with Crippen LogP contribution in [-0.2, 0) is 10.9 Å². The van der Waals surface area contributed by atoms with Crippen molar-refractivity contribution in [1.29, 1.82) is 0 Å². The summed E-state index contributed by atoms with van der Waals surface area (Å²) in [6.45, 7) is 2.83. The Labute approximate surface area is 164 Å². The fourth-order valence-electron chi connectivity index (χ4n) is 3.91. The monoisotopic (exact) mass is 412 g/mol. The van der Waals surface area contributed by atoms with E-state index in [2.05, 4.69) is 17.3 Å². The van der Waals surface area contributed by atoms with Crippen LogP contribution in [0.3, 0.4) is 0 Å². The molecule has 28 heavy (non-hydrogen) atoms. The van der Waals surface area contributed by atoms with E-state index in [9.17, 15) is 18.0 Å². The van der Waals surface area contributed by atoms with Gasteiger partial charge in [-0.25, -0.2) is 9.78 Å². The molecule has 1 amide bonds.